The molecule has 0 bridgehead atoms. The zero-order valence-electron chi connectivity index (χ0n) is 9.01. The second-order valence-electron chi connectivity index (χ2n) is 4.44. The number of ether oxygens (including phenoxy) is 1. The van der Waals surface area contributed by atoms with E-state index >= 15 is 0 Å². The number of carbonyl (C=O) groups excluding carboxylic acids is 1. The molecule has 4 heteroatoms. The van der Waals surface area contributed by atoms with Crippen molar-refractivity contribution in [1.82, 2.24) is 5.32 Å². The average molecular weight is 200 g/mol. The summed E-state index contributed by atoms with van der Waals surface area (Å²) in [5.74, 6) is 0. The Kier molecular flexibility index (Phi) is 3.75. The highest BCUT2D eigenvalue weighted by molar-refractivity contribution is 5.67. The molecule has 0 atom stereocenters. The molecule has 0 unspecified atom stereocenters. The fraction of sp³-hybridized carbons (Fsp3) is 0.900. The van der Waals surface area contributed by atoms with E-state index in [9.17, 15) is 4.79 Å². The van der Waals surface area contributed by atoms with E-state index in [1.807, 2.05) is 13.8 Å². The van der Waals surface area contributed by atoms with Gasteiger partial charge in [-0.1, -0.05) is 12.8 Å². The topological polar surface area (TPSA) is 64.3 Å². The minimum atomic E-state index is -0.364. The van der Waals surface area contributed by atoms with Gasteiger partial charge in [0.25, 0.3) is 0 Å². The fourth-order valence-corrected chi connectivity index (χ4v) is 1.71. The number of nitrogens with two attached hydrogens (primary N) is 1. The van der Waals surface area contributed by atoms with Gasteiger partial charge >= 0.3 is 6.09 Å². The zero-order chi connectivity index (χ0) is 10.6. The molecule has 0 aliphatic heterocycles. The maximum Gasteiger partial charge on any atom is 0.407 e. The highest BCUT2D eigenvalue weighted by atomic mass is 16.5. The van der Waals surface area contributed by atoms with Gasteiger partial charge in [-0.05, 0) is 26.7 Å². The molecule has 3 N–H and O–H groups in total. The molecule has 0 aromatic carbocycles. The number of alkyl carbamates (subject to hydrolysis) is 1. The SMILES string of the molecule is CC(C)NC(=O)OCC1(N)CCCC1. The third-order valence-corrected chi connectivity index (χ3v) is 2.50. The van der Waals surface area contributed by atoms with Gasteiger partial charge < -0.3 is 15.8 Å². The first-order valence-electron chi connectivity index (χ1n) is 5.24. The number of nitrogens with one attached hydrogen (secondary N) is 1. The molecule has 1 aliphatic rings. The Morgan fingerprint density at radius 2 is 2.07 bits per heavy atom. The summed E-state index contributed by atoms with van der Waals surface area (Å²) < 4.78 is 5.06. The molecule has 0 radical (unpaired) electrons. The Balaban J connectivity index is 2.22. The lowest BCUT2D eigenvalue weighted by molar-refractivity contribution is 0.115. The standard InChI is InChI=1S/C10H20N2O2/c1-8(2)12-9(13)14-7-10(11)5-3-4-6-10/h8H,3-7,11H2,1-2H3,(H,12,13). The normalized spacial score (nSPS) is 19.7. The Morgan fingerprint density at radius 3 is 2.57 bits per heavy atom. The summed E-state index contributed by atoms with van der Waals surface area (Å²) in [7, 11) is 0. The summed E-state index contributed by atoms with van der Waals surface area (Å²) in [5, 5.41) is 2.67. The van der Waals surface area contributed by atoms with Gasteiger partial charge in [0.05, 0.1) is 5.54 Å². The molecule has 82 valence electrons. The molecule has 4 nitrogen and oxygen atoms in total. The van der Waals surface area contributed by atoms with Crippen molar-refractivity contribution >= 4 is 6.09 Å². The summed E-state index contributed by atoms with van der Waals surface area (Å²) in [4.78, 5) is 11.2. The van der Waals surface area contributed by atoms with E-state index in [0.717, 1.165) is 25.7 Å². The molecule has 1 fully saturated rings. The van der Waals surface area contributed by atoms with Crippen LogP contribution in [-0.2, 0) is 4.74 Å². The van der Waals surface area contributed by atoms with Crippen LogP contribution in [0.3, 0.4) is 0 Å². The quantitative estimate of drug-likeness (QED) is 0.723. The molecule has 1 rings (SSSR count). The van der Waals surface area contributed by atoms with E-state index in [-0.39, 0.29) is 17.7 Å². The van der Waals surface area contributed by atoms with Gasteiger partial charge in [0.1, 0.15) is 6.61 Å². The maximum atomic E-state index is 11.2. The highest BCUT2D eigenvalue weighted by Gasteiger charge is 2.30. The maximum absolute atomic E-state index is 11.2. The van der Waals surface area contributed by atoms with Crippen molar-refractivity contribution in [2.75, 3.05) is 6.61 Å². The molecule has 0 aromatic rings. The molecule has 1 aliphatic carbocycles. The van der Waals surface area contributed by atoms with Crippen LogP contribution in [0.4, 0.5) is 4.79 Å². The first-order chi connectivity index (χ1) is 6.52. The Bertz CT molecular complexity index is 198. The van der Waals surface area contributed by atoms with Gasteiger partial charge in [-0.2, -0.15) is 0 Å². The number of hydrogen-bond acceptors (Lipinski definition) is 3. The first kappa shape index (κ1) is 11.3. The number of amides is 1. The lowest BCUT2D eigenvalue weighted by atomic mass is 10.0. The van der Waals surface area contributed by atoms with Gasteiger partial charge in [0.15, 0.2) is 0 Å². The monoisotopic (exact) mass is 200 g/mol. The van der Waals surface area contributed by atoms with Crippen molar-refractivity contribution in [3.63, 3.8) is 0 Å². The molecule has 0 spiro atoms. The van der Waals surface area contributed by atoms with Crippen LogP contribution in [0.2, 0.25) is 0 Å². The second-order valence-corrected chi connectivity index (χ2v) is 4.44. The average Bonchev–Trinajstić information content (AvgIpc) is 2.49. The Labute approximate surface area is 85.2 Å². The largest absolute Gasteiger partial charge is 0.448 e. The summed E-state index contributed by atoms with van der Waals surface area (Å²) in [6.45, 7) is 4.13. The van der Waals surface area contributed by atoms with Crippen molar-refractivity contribution in [3.05, 3.63) is 0 Å². The summed E-state index contributed by atoms with van der Waals surface area (Å²) >= 11 is 0. The predicted molar refractivity (Wildman–Crippen MR) is 55.0 cm³/mol. The van der Waals surface area contributed by atoms with Gasteiger partial charge in [-0.15, -0.1) is 0 Å². The number of carbonyl (C=O) groups is 1. The van der Waals surface area contributed by atoms with Crippen molar-refractivity contribution < 1.29 is 9.53 Å². The third kappa shape index (κ3) is 3.54. The second kappa shape index (κ2) is 4.64. The van der Waals surface area contributed by atoms with E-state index < -0.39 is 0 Å². The molecule has 14 heavy (non-hydrogen) atoms. The molecule has 0 aromatic heterocycles. The minimum Gasteiger partial charge on any atom is -0.448 e. The van der Waals surface area contributed by atoms with E-state index in [1.54, 1.807) is 0 Å². The smallest absolute Gasteiger partial charge is 0.407 e. The summed E-state index contributed by atoms with van der Waals surface area (Å²) in [6.07, 6.45) is 3.85. The molecule has 1 amide bonds. The predicted octanol–water partition coefficient (Wildman–Crippen LogP) is 1.39. The van der Waals surface area contributed by atoms with E-state index in [4.69, 9.17) is 10.5 Å². The molecule has 0 saturated heterocycles. The molecular weight excluding hydrogens is 180 g/mol. The van der Waals surface area contributed by atoms with E-state index in [1.165, 1.54) is 0 Å². The van der Waals surface area contributed by atoms with Crippen molar-refractivity contribution in [1.29, 1.82) is 0 Å². The highest BCUT2D eigenvalue weighted by Crippen LogP contribution is 2.27. The fourth-order valence-electron chi connectivity index (χ4n) is 1.71. The van der Waals surface area contributed by atoms with Crippen LogP contribution in [0.25, 0.3) is 0 Å². The Morgan fingerprint density at radius 1 is 1.50 bits per heavy atom. The number of hydrogen-bond donors (Lipinski definition) is 2. The summed E-state index contributed by atoms with van der Waals surface area (Å²) in [5.41, 5.74) is 5.76. The Hall–Kier alpha value is -0.770. The van der Waals surface area contributed by atoms with Gasteiger partial charge in [0.2, 0.25) is 0 Å². The third-order valence-electron chi connectivity index (χ3n) is 2.50. The van der Waals surface area contributed by atoms with Gasteiger partial charge in [0, 0.05) is 6.04 Å². The lowest BCUT2D eigenvalue weighted by Gasteiger charge is -2.23. The van der Waals surface area contributed by atoms with Gasteiger partial charge in [-0.3, -0.25) is 0 Å². The van der Waals surface area contributed by atoms with E-state index in [0.29, 0.717) is 6.61 Å². The van der Waals surface area contributed by atoms with E-state index in [2.05, 4.69) is 5.32 Å². The minimum absolute atomic E-state index is 0.111. The van der Waals surface area contributed by atoms with Crippen molar-refractivity contribution in [2.45, 2.75) is 51.1 Å². The zero-order valence-corrected chi connectivity index (χ0v) is 9.01. The van der Waals surface area contributed by atoms with Crippen molar-refractivity contribution in [2.24, 2.45) is 5.73 Å². The van der Waals surface area contributed by atoms with Crippen LogP contribution in [0.5, 0.6) is 0 Å². The lowest BCUT2D eigenvalue weighted by Crippen LogP contribution is -2.44. The van der Waals surface area contributed by atoms with Crippen molar-refractivity contribution in [3.8, 4) is 0 Å². The van der Waals surface area contributed by atoms with Crippen LogP contribution in [0.1, 0.15) is 39.5 Å². The molecular formula is C10H20N2O2. The first-order valence-corrected chi connectivity index (χ1v) is 5.24. The summed E-state index contributed by atoms with van der Waals surface area (Å²) in [6, 6.07) is 0.111. The molecule has 0 heterocycles. The van der Waals surface area contributed by atoms with Crippen LogP contribution in [-0.4, -0.2) is 24.3 Å². The van der Waals surface area contributed by atoms with Crippen LogP contribution >= 0.6 is 0 Å². The number of rotatable bonds is 3. The van der Waals surface area contributed by atoms with Gasteiger partial charge in [-0.25, -0.2) is 4.79 Å². The van der Waals surface area contributed by atoms with Crippen LogP contribution in [0, 0.1) is 0 Å². The molecule has 1 saturated carbocycles. The van der Waals surface area contributed by atoms with Crippen LogP contribution in [0.15, 0.2) is 0 Å². The van der Waals surface area contributed by atoms with Crippen LogP contribution < -0.4 is 11.1 Å².